The summed E-state index contributed by atoms with van der Waals surface area (Å²) in [5.74, 6) is 0. The summed E-state index contributed by atoms with van der Waals surface area (Å²) in [6.07, 6.45) is 4.45. The molecule has 14 heavy (non-hydrogen) atoms. The van der Waals surface area contributed by atoms with E-state index < -0.39 is 0 Å². The lowest BCUT2D eigenvalue weighted by Crippen LogP contribution is -2.34. The molecule has 84 valence electrons. The number of nitrogens with one attached hydrogen (secondary N) is 1. The van der Waals surface area contributed by atoms with E-state index in [0.717, 1.165) is 45.4 Å². The van der Waals surface area contributed by atoms with Crippen LogP contribution in [0.5, 0.6) is 0 Å². The highest BCUT2D eigenvalue weighted by molar-refractivity contribution is 4.63. The van der Waals surface area contributed by atoms with Crippen molar-refractivity contribution in [2.75, 3.05) is 33.1 Å². The van der Waals surface area contributed by atoms with Crippen LogP contribution in [0.1, 0.15) is 25.7 Å². The van der Waals surface area contributed by atoms with Gasteiger partial charge >= 0.3 is 0 Å². The van der Waals surface area contributed by atoms with Crippen LogP contribution in [0.15, 0.2) is 0 Å². The molecule has 4 nitrogen and oxygen atoms in total. The van der Waals surface area contributed by atoms with E-state index in [0.29, 0.717) is 19.5 Å². The second-order valence-electron chi connectivity index (χ2n) is 3.59. The first kappa shape index (κ1) is 11.9. The zero-order valence-corrected chi connectivity index (χ0v) is 8.71. The Labute approximate surface area is 85.6 Å². The Morgan fingerprint density at radius 3 is 2.93 bits per heavy atom. The minimum absolute atomic E-state index is 0.309. The molecule has 0 aliphatic carbocycles. The fourth-order valence-corrected chi connectivity index (χ4v) is 1.46. The van der Waals surface area contributed by atoms with Crippen LogP contribution >= 0.6 is 0 Å². The van der Waals surface area contributed by atoms with Gasteiger partial charge in [0.2, 0.25) is 0 Å². The number of rotatable bonds is 7. The van der Waals surface area contributed by atoms with Crippen LogP contribution in [-0.2, 0) is 9.47 Å². The number of unbranched alkanes of at least 4 members (excludes halogenated alkanes) is 2. The van der Waals surface area contributed by atoms with Crippen LogP contribution in [0, 0.1) is 0 Å². The van der Waals surface area contributed by atoms with Gasteiger partial charge in [-0.15, -0.1) is 0 Å². The van der Waals surface area contributed by atoms with E-state index in [2.05, 4.69) is 5.32 Å². The quantitative estimate of drug-likeness (QED) is 0.592. The van der Waals surface area contributed by atoms with Gasteiger partial charge < -0.3 is 19.9 Å². The van der Waals surface area contributed by atoms with Crippen molar-refractivity contribution in [1.82, 2.24) is 5.32 Å². The first-order valence-electron chi connectivity index (χ1n) is 5.44. The Kier molecular flexibility index (Phi) is 6.95. The average Bonchev–Trinajstić information content (AvgIpc) is 2.25. The molecule has 0 bridgehead atoms. The molecule has 0 radical (unpaired) electrons. The summed E-state index contributed by atoms with van der Waals surface area (Å²) >= 11 is 0. The molecule has 1 fully saturated rings. The molecule has 0 spiro atoms. The topological polar surface area (TPSA) is 50.7 Å². The van der Waals surface area contributed by atoms with Crippen LogP contribution in [0.2, 0.25) is 0 Å². The molecule has 0 amide bonds. The molecule has 1 rings (SSSR count). The molecule has 0 aromatic heterocycles. The summed E-state index contributed by atoms with van der Waals surface area (Å²) in [5, 5.41) is 11.9. The Balaban J connectivity index is 1.82. The molecule has 1 aliphatic rings. The van der Waals surface area contributed by atoms with Gasteiger partial charge in [-0.05, 0) is 32.2 Å². The molecule has 0 aromatic carbocycles. The smallest absolute Gasteiger partial charge is 0.147 e. The summed E-state index contributed by atoms with van der Waals surface area (Å²) < 4.78 is 10.5. The van der Waals surface area contributed by atoms with E-state index in [1.54, 1.807) is 0 Å². The molecule has 0 aromatic rings. The van der Waals surface area contributed by atoms with Gasteiger partial charge in [-0.25, -0.2) is 0 Å². The van der Waals surface area contributed by atoms with E-state index in [9.17, 15) is 0 Å². The van der Waals surface area contributed by atoms with Gasteiger partial charge in [-0.3, -0.25) is 0 Å². The Morgan fingerprint density at radius 2 is 2.21 bits per heavy atom. The third-order valence-electron chi connectivity index (χ3n) is 2.35. The normalized spacial score (nSPS) is 22.5. The molecule has 1 heterocycles. The van der Waals surface area contributed by atoms with Crippen molar-refractivity contribution in [2.45, 2.75) is 31.8 Å². The third kappa shape index (κ3) is 5.54. The maximum absolute atomic E-state index is 8.57. The van der Waals surface area contributed by atoms with Crippen LogP contribution in [0.3, 0.4) is 0 Å². The summed E-state index contributed by atoms with van der Waals surface area (Å²) in [6.45, 7) is 3.50. The Morgan fingerprint density at radius 1 is 1.29 bits per heavy atom. The highest BCUT2D eigenvalue weighted by atomic mass is 16.7. The predicted octanol–water partition coefficient (Wildman–Crippen LogP) is 0.502. The van der Waals surface area contributed by atoms with Crippen molar-refractivity contribution in [2.24, 2.45) is 0 Å². The summed E-state index contributed by atoms with van der Waals surface area (Å²) in [6, 6.07) is 0. The average molecular weight is 203 g/mol. The van der Waals surface area contributed by atoms with Crippen molar-refractivity contribution in [3.8, 4) is 0 Å². The van der Waals surface area contributed by atoms with Gasteiger partial charge in [0.15, 0.2) is 0 Å². The van der Waals surface area contributed by atoms with Gasteiger partial charge in [-0.2, -0.15) is 0 Å². The zero-order valence-electron chi connectivity index (χ0n) is 8.71. The molecule has 0 saturated carbocycles. The fourth-order valence-electron chi connectivity index (χ4n) is 1.46. The molecule has 2 N–H and O–H groups in total. The number of hydrogen-bond acceptors (Lipinski definition) is 4. The summed E-state index contributed by atoms with van der Waals surface area (Å²) in [7, 11) is 0. The number of hydrogen-bond donors (Lipinski definition) is 2. The van der Waals surface area contributed by atoms with Crippen molar-refractivity contribution >= 4 is 0 Å². The van der Waals surface area contributed by atoms with Crippen LogP contribution in [0.25, 0.3) is 0 Å². The fraction of sp³-hybridized carbons (Fsp3) is 1.00. The molecular weight excluding hydrogens is 182 g/mol. The monoisotopic (exact) mass is 203 g/mol. The highest BCUT2D eigenvalue weighted by Gasteiger charge is 2.12. The number of aliphatic hydroxyl groups excluding tert-OH is 1. The molecule has 1 unspecified atom stereocenters. The van der Waals surface area contributed by atoms with Crippen LogP contribution in [-0.4, -0.2) is 44.3 Å². The minimum Gasteiger partial charge on any atom is -0.396 e. The second-order valence-corrected chi connectivity index (χ2v) is 3.59. The molecule has 1 aliphatic heterocycles. The second kappa shape index (κ2) is 8.17. The first-order chi connectivity index (χ1) is 6.93. The molecule has 1 atom stereocenters. The third-order valence-corrected chi connectivity index (χ3v) is 2.35. The van der Waals surface area contributed by atoms with Gasteiger partial charge in [-0.1, -0.05) is 0 Å². The van der Waals surface area contributed by atoms with Crippen molar-refractivity contribution in [1.29, 1.82) is 0 Å². The molecular formula is C10H21NO3. The van der Waals surface area contributed by atoms with Crippen molar-refractivity contribution < 1.29 is 14.6 Å². The van der Waals surface area contributed by atoms with Crippen molar-refractivity contribution in [3.05, 3.63) is 0 Å². The van der Waals surface area contributed by atoms with Crippen LogP contribution in [0.4, 0.5) is 0 Å². The zero-order chi connectivity index (χ0) is 10.1. The Hall–Kier alpha value is -0.160. The maximum atomic E-state index is 8.57. The summed E-state index contributed by atoms with van der Waals surface area (Å²) in [5.41, 5.74) is 0. The van der Waals surface area contributed by atoms with E-state index in [4.69, 9.17) is 14.6 Å². The SMILES string of the molecule is OCCCCCNCC1CCOCO1. The van der Waals surface area contributed by atoms with Crippen molar-refractivity contribution in [3.63, 3.8) is 0 Å². The standard InChI is InChI=1S/C10H21NO3/c12-6-3-1-2-5-11-8-10-4-7-13-9-14-10/h10-12H,1-9H2. The first-order valence-corrected chi connectivity index (χ1v) is 5.44. The maximum Gasteiger partial charge on any atom is 0.147 e. The molecule has 1 saturated heterocycles. The van der Waals surface area contributed by atoms with E-state index >= 15 is 0 Å². The van der Waals surface area contributed by atoms with Gasteiger partial charge in [0, 0.05) is 13.2 Å². The van der Waals surface area contributed by atoms with Gasteiger partial charge in [0.05, 0.1) is 12.7 Å². The molecule has 4 heteroatoms. The largest absolute Gasteiger partial charge is 0.396 e. The number of aliphatic hydroxyl groups is 1. The van der Waals surface area contributed by atoms with E-state index in [-0.39, 0.29) is 0 Å². The van der Waals surface area contributed by atoms with Gasteiger partial charge in [0.1, 0.15) is 6.79 Å². The predicted molar refractivity (Wildman–Crippen MR) is 54.1 cm³/mol. The van der Waals surface area contributed by atoms with E-state index in [1.165, 1.54) is 0 Å². The minimum atomic E-state index is 0.309. The lowest BCUT2D eigenvalue weighted by Gasteiger charge is -2.22. The lowest BCUT2D eigenvalue weighted by atomic mass is 10.2. The highest BCUT2D eigenvalue weighted by Crippen LogP contribution is 2.04. The summed E-state index contributed by atoms with van der Waals surface area (Å²) in [4.78, 5) is 0. The lowest BCUT2D eigenvalue weighted by molar-refractivity contribution is -0.137. The number of ether oxygens (including phenoxy) is 2. The van der Waals surface area contributed by atoms with Gasteiger partial charge in [0.25, 0.3) is 0 Å². The Bertz CT molecular complexity index is 127. The van der Waals surface area contributed by atoms with E-state index in [1.807, 2.05) is 0 Å². The van der Waals surface area contributed by atoms with Crippen LogP contribution < -0.4 is 5.32 Å².